The number of halogens is 2. The van der Waals surface area contributed by atoms with Crippen molar-refractivity contribution in [1.29, 1.82) is 0 Å². The van der Waals surface area contributed by atoms with Gasteiger partial charge in [-0.3, -0.25) is 4.99 Å². The minimum atomic E-state index is -0.164. The Morgan fingerprint density at radius 1 is 1.31 bits per heavy atom. The lowest BCUT2D eigenvalue weighted by Crippen LogP contribution is -2.48. The number of thiophene rings is 1. The van der Waals surface area contributed by atoms with E-state index in [0.29, 0.717) is 18.2 Å². The lowest BCUT2D eigenvalue weighted by atomic mass is 10.1. The number of nitrogens with one attached hydrogen (secondary N) is 2. The highest BCUT2D eigenvalue weighted by atomic mass is 127. The van der Waals surface area contributed by atoms with Crippen molar-refractivity contribution in [2.75, 3.05) is 25.0 Å². The minimum Gasteiger partial charge on any atom is -0.363 e. The van der Waals surface area contributed by atoms with Crippen LogP contribution >= 0.6 is 35.3 Å². The van der Waals surface area contributed by atoms with E-state index in [4.69, 9.17) is 0 Å². The van der Waals surface area contributed by atoms with Gasteiger partial charge in [-0.2, -0.15) is 0 Å². The van der Waals surface area contributed by atoms with Gasteiger partial charge in [0.1, 0.15) is 5.82 Å². The Labute approximate surface area is 175 Å². The predicted octanol–water partition coefficient (Wildman–Crippen LogP) is 4.15. The molecule has 1 fully saturated rings. The summed E-state index contributed by atoms with van der Waals surface area (Å²) in [6.45, 7) is 4.44. The molecule has 0 spiro atoms. The molecule has 142 valence electrons. The number of aliphatic imine (C=N–C) groups is 1. The zero-order valence-electron chi connectivity index (χ0n) is 15.2. The number of piperidine rings is 1. The van der Waals surface area contributed by atoms with Gasteiger partial charge in [-0.05, 0) is 54.5 Å². The first-order valence-electron chi connectivity index (χ1n) is 8.66. The van der Waals surface area contributed by atoms with Gasteiger partial charge in [0.05, 0.1) is 5.00 Å². The molecule has 2 aromatic rings. The number of guanidine groups is 1. The van der Waals surface area contributed by atoms with Gasteiger partial charge in [-0.1, -0.05) is 12.1 Å². The molecule has 0 aliphatic carbocycles. The number of rotatable bonds is 4. The maximum atomic E-state index is 13.6. The van der Waals surface area contributed by atoms with Gasteiger partial charge in [0, 0.05) is 32.7 Å². The largest absolute Gasteiger partial charge is 0.363 e. The summed E-state index contributed by atoms with van der Waals surface area (Å²) < 4.78 is 13.6. The summed E-state index contributed by atoms with van der Waals surface area (Å²) in [5.41, 5.74) is 1.59. The molecule has 0 saturated carbocycles. The molecule has 2 heterocycles. The van der Waals surface area contributed by atoms with Gasteiger partial charge in [-0.25, -0.2) is 4.39 Å². The van der Waals surface area contributed by atoms with Crippen LogP contribution in [-0.2, 0) is 6.54 Å². The number of anilines is 1. The van der Waals surface area contributed by atoms with Crippen molar-refractivity contribution in [1.82, 2.24) is 10.6 Å². The molecule has 0 amide bonds. The molecular weight excluding hydrogens is 462 g/mol. The average Bonchev–Trinajstić information content (AvgIpc) is 3.16. The van der Waals surface area contributed by atoms with Crippen molar-refractivity contribution in [2.24, 2.45) is 4.99 Å². The van der Waals surface area contributed by atoms with Crippen LogP contribution in [0.3, 0.4) is 0 Å². The molecule has 1 aromatic heterocycles. The van der Waals surface area contributed by atoms with Crippen LogP contribution in [0.5, 0.6) is 0 Å². The van der Waals surface area contributed by atoms with Gasteiger partial charge in [0.25, 0.3) is 0 Å². The van der Waals surface area contributed by atoms with Crippen LogP contribution in [0.4, 0.5) is 9.39 Å². The Balaban J connectivity index is 0.00000243. The molecule has 3 rings (SSSR count). The van der Waals surface area contributed by atoms with Crippen molar-refractivity contribution in [3.8, 4) is 0 Å². The predicted molar refractivity (Wildman–Crippen MR) is 119 cm³/mol. The zero-order valence-corrected chi connectivity index (χ0v) is 18.3. The Hall–Kier alpha value is -1.35. The summed E-state index contributed by atoms with van der Waals surface area (Å²) in [7, 11) is 1.77. The molecule has 2 N–H and O–H groups in total. The van der Waals surface area contributed by atoms with Crippen molar-refractivity contribution in [2.45, 2.75) is 32.4 Å². The van der Waals surface area contributed by atoms with Gasteiger partial charge in [-0.15, -0.1) is 35.3 Å². The van der Waals surface area contributed by atoms with E-state index in [1.165, 1.54) is 5.00 Å². The molecule has 0 bridgehead atoms. The topological polar surface area (TPSA) is 39.7 Å². The highest BCUT2D eigenvalue weighted by Gasteiger charge is 2.20. The van der Waals surface area contributed by atoms with Gasteiger partial charge in [0.15, 0.2) is 5.96 Å². The standard InChI is InChI=1S/C19H25FN4S.HI/c1-14-5-6-15(12-17(14)20)13-22-19(21-2)23-16-7-9-24(10-8-16)18-4-3-11-25-18;/h3-6,11-12,16H,7-10,13H2,1-2H3,(H2,21,22,23);1H. The third-order valence-corrected chi connectivity index (χ3v) is 5.50. The molecule has 0 atom stereocenters. The summed E-state index contributed by atoms with van der Waals surface area (Å²) in [5.74, 6) is 0.610. The molecule has 26 heavy (non-hydrogen) atoms. The fourth-order valence-corrected chi connectivity index (χ4v) is 3.80. The van der Waals surface area contributed by atoms with Crippen molar-refractivity contribution in [3.63, 3.8) is 0 Å². The SMILES string of the molecule is CN=C(NCc1ccc(C)c(F)c1)NC1CCN(c2cccs2)CC1.I. The van der Waals surface area contributed by atoms with Crippen LogP contribution in [-0.4, -0.2) is 32.1 Å². The molecule has 1 aliphatic rings. The minimum absolute atomic E-state index is 0. The quantitative estimate of drug-likeness (QED) is 0.386. The zero-order chi connectivity index (χ0) is 17.6. The number of aryl methyl sites for hydroxylation is 1. The molecular formula is C19H26FIN4S. The summed E-state index contributed by atoms with van der Waals surface area (Å²) in [6.07, 6.45) is 2.16. The van der Waals surface area contributed by atoms with Gasteiger partial charge in [0.2, 0.25) is 0 Å². The van der Waals surface area contributed by atoms with Crippen LogP contribution in [0.1, 0.15) is 24.0 Å². The number of benzene rings is 1. The monoisotopic (exact) mass is 488 g/mol. The summed E-state index contributed by atoms with van der Waals surface area (Å²) in [4.78, 5) is 6.73. The third-order valence-electron chi connectivity index (χ3n) is 4.57. The van der Waals surface area contributed by atoms with E-state index in [2.05, 4.69) is 38.0 Å². The Morgan fingerprint density at radius 2 is 2.08 bits per heavy atom. The Morgan fingerprint density at radius 3 is 2.69 bits per heavy atom. The highest BCUT2D eigenvalue weighted by molar-refractivity contribution is 14.0. The number of nitrogens with zero attached hydrogens (tertiary/aromatic N) is 2. The summed E-state index contributed by atoms with van der Waals surface area (Å²) in [6, 6.07) is 10.0. The van der Waals surface area contributed by atoms with Crippen molar-refractivity contribution in [3.05, 3.63) is 52.7 Å². The Bertz CT molecular complexity index is 712. The summed E-state index contributed by atoms with van der Waals surface area (Å²) >= 11 is 1.80. The fraction of sp³-hybridized carbons (Fsp3) is 0.421. The maximum absolute atomic E-state index is 13.6. The highest BCUT2D eigenvalue weighted by Crippen LogP contribution is 2.24. The smallest absolute Gasteiger partial charge is 0.191 e. The first kappa shape index (κ1) is 21.0. The molecule has 1 aliphatic heterocycles. The molecule has 1 saturated heterocycles. The van der Waals surface area contributed by atoms with E-state index in [9.17, 15) is 4.39 Å². The first-order chi connectivity index (χ1) is 12.2. The molecule has 0 unspecified atom stereocenters. The lowest BCUT2D eigenvalue weighted by Gasteiger charge is -2.33. The molecule has 0 radical (unpaired) electrons. The molecule has 4 nitrogen and oxygen atoms in total. The van der Waals surface area contributed by atoms with Crippen LogP contribution in [0.15, 0.2) is 40.7 Å². The summed E-state index contributed by atoms with van der Waals surface area (Å²) in [5, 5.41) is 10.2. The third kappa shape index (κ3) is 5.57. The van der Waals surface area contributed by atoms with Crippen molar-refractivity contribution < 1.29 is 4.39 Å². The van der Waals surface area contributed by atoms with E-state index >= 15 is 0 Å². The maximum Gasteiger partial charge on any atom is 0.191 e. The van der Waals surface area contributed by atoms with Gasteiger partial charge >= 0.3 is 0 Å². The second-order valence-corrected chi connectivity index (χ2v) is 7.29. The van der Waals surface area contributed by atoms with Crippen molar-refractivity contribution >= 4 is 46.3 Å². The van der Waals surface area contributed by atoms with Crippen LogP contribution in [0.25, 0.3) is 0 Å². The Kier molecular flexibility index (Phi) is 8.15. The van der Waals surface area contributed by atoms with Crippen LogP contribution in [0.2, 0.25) is 0 Å². The van der Waals surface area contributed by atoms with E-state index in [0.717, 1.165) is 37.5 Å². The fourth-order valence-electron chi connectivity index (χ4n) is 3.01. The van der Waals surface area contributed by atoms with E-state index in [-0.39, 0.29) is 29.8 Å². The second kappa shape index (κ2) is 10.1. The van der Waals surface area contributed by atoms with Crippen LogP contribution in [0, 0.1) is 12.7 Å². The first-order valence-corrected chi connectivity index (χ1v) is 9.54. The lowest BCUT2D eigenvalue weighted by molar-refractivity contribution is 0.462. The van der Waals surface area contributed by atoms with Gasteiger partial charge < -0.3 is 15.5 Å². The van der Waals surface area contributed by atoms with E-state index in [1.54, 1.807) is 31.4 Å². The number of hydrogen-bond acceptors (Lipinski definition) is 3. The normalized spacial score (nSPS) is 15.5. The van der Waals surface area contributed by atoms with E-state index < -0.39 is 0 Å². The second-order valence-electron chi connectivity index (χ2n) is 6.37. The molecule has 1 aromatic carbocycles. The van der Waals surface area contributed by atoms with E-state index in [1.807, 2.05) is 12.1 Å². The average molecular weight is 488 g/mol. The molecule has 7 heteroatoms. The number of hydrogen-bond donors (Lipinski definition) is 2. The van der Waals surface area contributed by atoms with Crippen LogP contribution < -0.4 is 15.5 Å².